The third-order valence-corrected chi connectivity index (χ3v) is 5.89. The first-order valence-corrected chi connectivity index (χ1v) is 11.0. The van der Waals surface area contributed by atoms with Crippen LogP contribution in [0.1, 0.15) is 24.6 Å². The number of alkyl halides is 3. The molecule has 0 spiro atoms. The Hall–Kier alpha value is -3.57. The van der Waals surface area contributed by atoms with Gasteiger partial charge in [-0.05, 0) is 48.2 Å². The van der Waals surface area contributed by atoms with Crippen LogP contribution in [0.15, 0.2) is 68.1 Å². The quantitative estimate of drug-likeness (QED) is 0.350. The normalized spacial score (nSPS) is 14.5. The first kappa shape index (κ1) is 23.2. The van der Waals surface area contributed by atoms with Gasteiger partial charge in [-0.3, -0.25) is 0 Å². The highest BCUT2D eigenvalue weighted by atomic mass is 35.5. The van der Waals surface area contributed by atoms with Crippen LogP contribution in [0.25, 0.3) is 22.3 Å². The summed E-state index contributed by atoms with van der Waals surface area (Å²) in [5, 5.41) is 9.15. The van der Waals surface area contributed by atoms with E-state index < -0.39 is 12.1 Å². The number of nitrogens with zero attached hydrogens (tertiary/aromatic N) is 5. The third kappa shape index (κ3) is 4.82. The van der Waals surface area contributed by atoms with Gasteiger partial charge >= 0.3 is 12.1 Å². The Morgan fingerprint density at radius 1 is 1.09 bits per heavy atom. The second-order valence-electron chi connectivity index (χ2n) is 7.54. The molecule has 5 rings (SSSR count). The van der Waals surface area contributed by atoms with Gasteiger partial charge in [-0.25, -0.2) is 13.9 Å². The summed E-state index contributed by atoms with van der Waals surface area (Å²) < 4.78 is 48.7. The summed E-state index contributed by atoms with van der Waals surface area (Å²) in [6, 6.07) is 8.63. The molecule has 0 fully saturated rings. The number of hydrogen-bond donors (Lipinski definition) is 0. The number of allylic oxidation sites excluding steroid dienone is 4. The van der Waals surface area contributed by atoms with Gasteiger partial charge < -0.3 is 9.26 Å². The molecule has 3 heterocycles. The SMILES string of the molecule is O=c1n(Cc2nc(C3=C(Cl)CCC=C3Cl)no2)nc2ccc(-c3ccc(OC(F)(F)F)cc3)cn12. The number of benzene rings is 1. The molecule has 4 aromatic rings. The van der Waals surface area contributed by atoms with Crippen molar-refractivity contribution in [2.45, 2.75) is 25.7 Å². The van der Waals surface area contributed by atoms with Crippen LogP contribution in [0.3, 0.4) is 0 Å². The van der Waals surface area contributed by atoms with E-state index in [9.17, 15) is 18.0 Å². The largest absolute Gasteiger partial charge is 0.573 e. The van der Waals surface area contributed by atoms with E-state index in [1.165, 1.54) is 34.9 Å². The molecule has 1 aromatic carbocycles. The lowest BCUT2D eigenvalue weighted by molar-refractivity contribution is -0.274. The van der Waals surface area contributed by atoms with Gasteiger partial charge in [0.05, 0.1) is 5.57 Å². The van der Waals surface area contributed by atoms with Gasteiger partial charge in [0.1, 0.15) is 12.3 Å². The van der Waals surface area contributed by atoms with Crippen LogP contribution in [0.2, 0.25) is 0 Å². The Balaban J connectivity index is 1.40. The molecule has 0 bridgehead atoms. The Kier molecular flexibility index (Phi) is 5.89. The number of ether oxygens (including phenoxy) is 1. The van der Waals surface area contributed by atoms with Crippen molar-refractivity contribution in [1.82, 2.24) is 24.3 Å². The van der Waals surface area contributed by atoms with Gasteiger partial charge in [0.2, 0.25) is 11.7 Å². The van der Waals surface area contributed by atoms with Crippen molar-refractivity contribution >= 4 is 34.4 Å². The summed E-state index contributed by atoms with van der Waals surface area (Å²) in [6.07, 6.45) is -0.0829. The fraction of sp³-hybridized carbons (Fsp3) is 0.182. The second kappa shape index (κ2) is 8.90. The first-order chi connectivity index (χ1) is 16.7. The van der Waals surface area contributed by atoms with Crippen molar-refractivity contribution in [1.29, 1.82) is 0 Å². The van der Waals surface area contributed by atoms with Gasteiger partial charge in [-0.1, -0.05) is 46.6 Å². The van der Waals surface area contributed by atoms with Crippen molar-refractivity contribution in [2.24, 2.45) is 0 Å². The molecule has 3 aromatic heterocycles. The van der Waals surface area contributed by atoms with Crippen LogP contribution >= 0.6 is 23.2 Å². The van der Waals surface area contributed by atoms with Crippen molar-refractivity contribution in [2.75, 3.05) is 0 Å². The van der Waals surface area contributed by atoms with E-state index in [4.69, 9.17) is 27.7 Å². The lowest BCUT2D eigenvalue weighted by atomic mass is 10.1. The van der Waals surface area contributed by atoms with Gasteiger partial charge in [-0.2, -0.15) is 4.98 Å². The molecule has 0 radical (unpaired) electrons. The Morgan fingerprint density at radius 2 is 1.83 bits per heavy atom. The van der Waals surface area contributed by atoms with Crippen LogP contribution in [0.5, 0.6) is 5.75 Å². The minimum absolute atomic E-state index is 0.0848. The molecular weight excluding hydrogens is 510 g/mol. The molecule has 0 saturated heterocycles. The maximum absolute atomic E-state index is 12.9. The number of rotatable bonds is 5. The molecule has 0 unspecified atom stereocenters. The molecule has 1 aliphatic carbocycles. The lowest BCUT2D eigenvalue weighted by Gasteiger charge is -2.10. The average Bonchev–Trinajstić information content (AvgIpc) is 3.38. The molecule has 0 amide bonds. The van der Waals surface area contributed by atoms with E-state index >= 15 is 0 Å². The highest BCUT2D eigenvalue weighted by molar-refractivity contribution is 6.42. The van der Waals surface area contributed by atoms with Crippen molar-refractivity contribution < 1.29 is 22.4 Å². The van der Waals surface area contributed by atoms with Gasteiger partial charge in [0.25, 0.3) is 0 Å². The van der Waals surface area contributed by atoms with Gasteiger partial charge in [-0.15, -0.1) is 18.3 Å². The van der Waals surface area contributed by atoms with Crippen molar-refractivity contribution in [3.05, 3.63) is 80.9 Å². The topological polar surface area (TPSA) is 87.5 Å². The van der Waals surface area contributed by atoms with E-state index in [1.807, 2.05) is 6.08 Å². The van der Waals surface area contributed by atoms with E-state index in [0.29, 0.717) is 38.8 Å². The molecule has 1 aliphatic rings. The predicted octanol–water partition coefficient (Wildman–Crippen LogP) is 5.36. The number of hydrogen-bond acceptors (Lipinski definition) is 6. The molecule has 8 nitrogen and oxygen atoms in total. The van der Waals surface area contributed by atoms with Crippen LogP contribution in [0.4, 0.5) is 13.2 Å². The van der Waals surface area contributed by atoms with Crippen LogP contribution in [0, 0.1) is 0 Å². The standard InChI is InChI=1S/C22H14Cl2F3N5O3/c23-15-2-1-3-16(24)19(15)20-28-18(35-30-20)11-32-21(33)31-10-13(6-9-17(31)29-32)12-4-7-14(8-5-12)34-22(25,26)27/h2,4-10H,1,3,11H2. The maximum atomic E-state index is 12.9. The second-order valence-corrected chi connectivity index (χ2v) is 8.40. The zero-order chi connectivity index (χ0) is 24.7. The number of pyridine rings is 1. The number of halogens is 5. The van der Waals surface area contributed by atoms with Gasteiger partial charge in [0, 0.05) is 16.3 Å². The molecule has 0 N–H and O–H groups in total. The third-order valence-electron chi connectivity index (χ3n) is 5.17. The van der Waals surface area contributed by atoms with E-state index in [0.717, 1.165) is 11.1 Å². The lowest BCUT2D eigenvalue weighted by Crippen LogP contribution is -2.21. The Bertz CT molecular complexity index is 1530. The molecular formula is C22H14Cl2F3N5O3. The summed E-state index contributed by atoms with van der Waals surface area (Å²) in [7, 11) is 0. The van der Waals surface area contributed by atoms with Crippen LogP contribution in [-0.2, 0) is 6.54 Å². The molecule has 180 valence electrons. The minimum Gasteiger partial charge on any atom is -0.406 e. The minimum atomic E-state index is -4.77. The summed E-state index contributed by atoms with van der Waals surface area (Å²) in [4.78, 5) is 17.2. The maximum Gasteiger partial charge on any atom is 0.573 e. The predicted molar refractivity (Wildman–Crippen MR) is 121 cm³/mol. The van der Waals surface area contributed by atoms with E-state index in [-0.39, 0.29) is 24.0 Å². The zero-order valence-corrected chi connectivity index (χ0v) is 19.1. The Labute approximate surface area is 204 Å². The van der Waals surface area contributed by atoms with Crippen LogP contribution < -0.4 is 10.4 Å². The van der Waals surface area contributed by atoms with Gasteiger partial charge in [0.15, 0.2) is 5.65 Å². The highest BCUT2D eigenvalue weighted by Gasteiger charge is 2.31. The fourth-order valence-electron chi connectivity index (χ4n) is 3.60. The smallest absolute Gasteiger partial charge is 0.406 e. The summed E-state index contributed by atoms with van der Waals surface area (Å²) >= 11 is 12.5. The molecule has 0 saturated carbocycles. The van der Waals surface area contributed by atoms with Crippen molar-refractivity contribution in [3.63, 3.8) is 0 Å². The van der Waals surface area contributed by atoms with E-state index in [1.54, 1.807) is 12.1 Å². The number of aromatic nitrogens is 5. The summed E-state index contributed by atoms with van der Waals surface area (Å²) in [5.74, 6) is 0.0225. The monoisotopic (exact) mass is 523 g/mol. The molecule has 0 atom stereocenters. The molecule has 13 heteroatoms. The summed E-state index contributed by atoms with van der Waals surface area (Å²) in [5.41, 5.74) is 1.57. The molecule has 0 aliphatic heterocycles. The molecule has 35 heavy (non-hydrogen) atoms. The van der Waals surface area contributed by atoms with Crippen molar-refractivity contribution in [3.8, 4) is 16.9 Å². The first-order valence-electron chi connectivity index (χ1n) is 10.2. The average molecular weight is 524 g/mol. The van der Waals surface area contributed by atoms with Crippen LogP contribution in [-0.4, -0.2) is 30.7 Å². The Morgan fingerprint density at radius 3 is 2.54 bits per heavy atom. The summed E-state index contributed by atoms with van der Waals surface area (Å²) in [6.45, 7) is -0.0848. The fourth-order valence-corrected chi connectivity index (χ4v) is 4.25. The zero-order valence-electron chi connectivity index (χ0n) is 17.6. The van der Waals surface area contributed by atoms with E-state index in [2.05, 4.69) is 20.0 Å². The highest BCUT2D eigenvalue weighted by Crippen LogP contribution is 2.36. The number of fused-ring (bicyclic) bond motifs is 1.